The molecule has 0 saturated heterocycles. The minimum absolute atomic E-state index is 0. The Labute approximate surface area is 155 Å². The number of hydrogen-bond donors (Lipinski definition) is 2. The fourth-order valence-corrected chi connectivity index (χ4v) is 2.39. The van der Waals surface area contributed by atoms with Crippen molar-refractivity contribution >= 4 is 24.0 Å². The first kappa shape index (κ1) is 21.1. The Hall–Kier alpha value is -1.92. The summed E-state index contributed by atoms with van der Waals surface area (Å²) in [6.45, 7) is 5.78. The summed E-state index contributed by atoms with van der Waals surface area (Å²) in [7, 11) is 0. The van der Waals surface area contributed by atoms with Crippen molar-refractivity contribution in [3.8, 4) is 0 Å². The lowest BCUT2D eigenvalue weighted by molar-refractivity contribution is -0.116. The molecule has 2 rings (SSSR count). The summed E-state index contributed by atoms with van der Waals surface area (Å²) in [4.78, 5) is 16.4. The van der Waals surface area contributed by atoms with Gasteiger partial charge in [-0.3, -0.25) is 4.79 Å². The lowest BCUT2D eigenvalue weighted by Gasteiger charge is -2.11. The number of anilines is 1. The first-order valence-electron chi connectivity index (χ1n) is 8.62. The topological polar surface area (TPSA) is 80.0 Å². The molecular weight excluding hydrogens is 340 g/mol. The highest BCUT2D eigenvalue weighted by Crippen LogP contribution is 2.15. The van der Waals surface area contributed by atoms with E-state index >= 15 is 0 Å². The third-order valence-electron chi connectivity index (χ3n) is 3.64. The van der Waals surface area contributed by atoms with Crippen LogP contribution in [0.2, 0.25) is 0 Å². The first-order chi connectivity index (χ1) is 11.7. The van der Waals surface area contributed by atoms with Crippen LogP contribution >= 0.6 is 12.4 Å². The fourth-order valence-electron chi connectivity index (χ4n) is 2.39. The minimum atomic E-state index is 0. The van der Waals surface area contributed by atoms with Crippen LogP contribution in [-0.4, -0.2) is 22.6 Å². The molecule has 1 heterocycles. The molecule has 1 amide bonds. The van der Waals surface area contributed by atoms with Crippen LogP contribution in [0.3, 0.4) is 0 Å². The summed E-state index contributed by atoms with van der Waals surface area (Å²) < 4.78 is 5.18. The highest BCUT2D eigenvalue weighted by Gasteiger charge is 2.09. The fraction of sp³-hybridized carbons (Fsp3) is 0.500. The number of amides is 1. The van der Waals surface area contributed by atoms with Crippen LogP contribution in [0.25, 0.3) is 0 Å². The smallest absolute Gasteiger partial charge is 0.226 e. The van der Waals surface area contributed by atoms with Crippen molar-refractivity contribution in [3.63, 3.8) is 0 Å². The van der Waals surface area contributed by atoms with Gasteiger partial charge in [-0.05, 0) is 31.0 Å². The number of rotatable bonds is 10. The largest absolute Gasteiger partial charge is 0.339 e. The molecule has 0 radical (unpaired) electrons. The van der Waals surface area contributed by atoms with Gasteiger partial charge in [0.05, 0.1) is 0 Å². The van der Waals surface area contributed by atoms with Crippen LogP contribution in [-0.2, 0) is 24.2 Å². The van der Waals surface area contributed by atoms with Gasteiger partial charge in [0.15, 0.2) is 5.82 Å². The van der Waals surface area contributed by atoms with E-state index in [1.54, 1.807) is 0 Å². The Bertz CT molecular complexity index is 646. The normalized spacial score (nSPS) is 10.3. The first-order valence-corrected chi connectivity index (χ1v) is 8.62. The Morgan fingerprint density at radius 1 is 1.20 bits per heavy atom. The molecule has 0 aliphatic carbocycles. The van der Waals surface area contributed by atoms with E-state index in [0.29, 0.717) is 25.2 Å². The summed E-state index contributed by atoms with van der Waals surface area (Å²) >= 11 is 0. The summed E-state index contributed by atoms with van der Waals surface area (Å²) in [6.07, 6.45) is 3.57. The van der Waals surface area contributed by atoms with E-state index in [-0.39, 0.29) is 18.3 Å². The molecular formula is C18H27ClN4O2. The van der Waals surface area contributed by atoms with Crippen molar-refractivity contribution in [2.24, 2.45) is 0 Å². The number of aromatic nitrogens is 2. The van der Waals surface area contributed by atoms with Crippen molar-refractivity contribution in [1.82, 2.24) is 15.5 Å². The number of benzene rings is 1. The van der Waals surface area contributed by atoms with Crippen molar-refractivity contribution in [3.05, 3.63) is 41.5 Å². The van der Waals surface area contributed by atoms with Gasteiger partial charge in [-0.1, -0.05) is 37.2 Å². The molecule has 1 aromatic carbocycles. The summed E-state index contributed by atoms with van der Waals surface area (Å²) in [5.41, 5.74) is 1.96. The van der Waals surface area contributed by atoms with Crippen LogP contribution in [0.4, 0.5) is 5.69 Å². The average Bonchev–Trinajstić information content (AvgIpc) is 3.02. The van der Waals surface area contributed by atoms with Gasteiger partial charge in [0.2, 0.25) is 11.8 Å². The third-order valence-corrected chi connectivity index (χ3v) is 3.64. The maximum atomic E-state index is 12.1. The number of halogens is 1. The maximum Gasteiger partial charge on any atom is 0.226 e. The predicted molar refractivity (Wildman–Crippen MR) is 101 cm³/mol. The zero-order valence-corrected chi connectivity index (χ0v) is 15.7. The van der Waals surface area contributed by atoms with E-state index in [9.17, 15) is 4.79 Å². The van der Waals surface area contributed by atoms with Gasteiger partial charge in [-0.2, -0.15) is 4.98 Å². The second-order valence-electron chi connectivity index (χ2n) is 5.69. The molecule has 0 aliphatic heterocycles. The van der Waals surface area contributed by atoms with Crippen molar-refractivity contribution in [1.29, 1.82) is 0 Å². The molecule has 7 heteroatoms. The molecule has 138 valence electrons. The van der Waals surface area contributed by atoms with Crippen molar-refractivity contribution in [2.45, 2.75) is 52.5 Å². The van der Waals surface area contributed by atoms with Crippen LogP contribution in [0, 0.1) is 0 Å². The number of para-hydroxylation sites is 1. The van der Waals surface area contributed by atoms with Crippen molar-refractivity contribution < 1.29 is 9.32 Å². The molecule has 2 N–H and O–H groups in total. The molecule has 0 aliphatic rings. The van der Waals surface area contributed by atoms with E-state index in [1.165, 1.54) is 0 Å². The lowest BCUT2D eigenvalue weighted by Crippen LogP contribution is -2.17. The molecule has 0 spiro atoms. The summed E-state index contributed by atoms with van der Waals surface area (Å²) in [6, 6.07) is 7.86. The predicted octanol–water partition coefficient (Wildman–Crippen LogP) is 3.51. The van der Waals surface area contributed by atoms with Crippen LogP contribution < -0.4 is 10.6 Å². The standard InChI is InChI=1S/C18H26N4O2.ClH/c1-3-8-16-21-18(24-22-16)12-7-11-17(23)20-15-10-6-5-9-14(15)13-19-4-2;/h5-6,9-10,19H,3-4,7-8,11-13H2,1-2H3,(H,20,23);1H. The molecule has 0 unspecified atom stereocenters. The number of aryl methyl sites for hydroxylation is 2. The number of carbonyl (C=O) groups excluding carboxylic acids is 1. The number of hydrogen-bond acceptors (Lipinski definition) is 5. The van der Waals surface area contributed by atoms with Crippen LogP contribution in [0.1, 0.15) is 50.4 Å². The van der Waals surface area contributed by atoms with Gasteiger partial charge in [0.1, 0.15) is 0 Å². The molecule has 25 heavy (non-hydrogen) atoms. The molecule has 0 fully saturated rings. The third kappa shape index (κ3) is 7.23. The Kier molecular flexibility index (Phi) is 9.80. The summed E-state index contributed by atoms with van der Waals surface area (Å²) in [5.74, 6) is 1.36. The number of nitrogens with one attached hydrogen (secondary N) is 2. The van der Waals surface area contributed by atoms with Crippen LogP contribution in [0.5, 0.6) is 0 Å². The summed E-state index contributed by atoms with van der Waals surface area (Å²) in [5, 5.41) is 10.2. The monoisotopic (exact) mass is 366 g/mol. The van der Waals surface area contributed by atoms with E-state index < -0.39 is 0 Å². The van der Waals surface area contributed by atoms with E-state index in [4.69, 9.17) is 4.52 Å². The van der Waals surface area contributed by atoms with Gasteiger partial charge in [-0.25, -0.2) is 0 Å². The van der Waals surface area contributed by atoms with Crippen molar-refractivity contribution in [2.75, 3.05) is 11.9 Å². The molecule has 1 aromatic heterocycles. The maximum absolute atomic E-state index is 12.1. The van der Waals surface area contributed by atoms with E-state index in [1.807, 2.05) is 24.3 Å². The van der Waals surface area contributed by atoms with Gasteiger partial charge in [0, 0.05) is 31.5 Å². The molecule has 2 aromatic rings. The Morgan fingerprint density at radius 2 is 2.00 bits per heavy atom. The molecule has 0 atom stereocenters. The second-order valence-corrected chi connectivity index (χ2v) is 5.69. The lowest BCUT2D eigenvalue weighted by atomic mass is 10.1. The average molecular weight is 367 g/mol. The van der Waals surface area contributed by atoms with Gasteiger partial charge in [0.25, 0.3) is 0 Å². The SMILES string of the molecule is CCCc1noc(CCCC(=O)Nc2ccccc2CNCC)n1.Cl. The van der Waals surface area contributed by atoms with Crippen LogP contribution in [0.15, 0.2) is 28.8 Å². The van der Waals surface area contributed by atoms with Gasteiger partial charge >= 0.3 is 0 Å². The van der Waals surface area contributed by atoms with E-state index in [2.05, 4.69) is 34.6 Å². The molecule has 0 saturated carbocycles. The Balaban J connectivity index is 0.00000312. The highest BCUT2D eigenvalue weighted by molar-refractivity contribution is 5.91. The molecule has 0 bridgehead atoms. The zero-order valence-electron chi connectivity index (χ0n) is 14.9. The number of carbonyl (C=O) groups is 1. The second kappa shape index (κ2) is 11.6. The Morgan fingerprint density at radius 3 is 2.76 bits per heavy atom. The minimum Gasteiger partial charge on any atom is -0.339 e. The van der Waals surface area contributed by atoms with Gasteiger partial charge < -0.3 is 15.2 Å². The zero-order chi connectivity index (χ0) is 17.2. The number of nitrogens with zero attached hydrogens (tertiary/aromatic N) is 2. The quantitative estimate of drug-likeness (QED) is 0.672. The highest BCUT2D eigenvalue weighted by atomic mass is 35.5. The van der Waals surface area contributed by atoms with Gasteiger partial charge in [-0.15, -0.1) is 12.4 Å². The van der Waals surface area contributed by atoms with E-state index in [0.717, 1.165) is 43.0 Å². The molecule has 6 nitrogen and oxygen atoms in total.